The fraction of sp³-hybridized carbons (Fsp3) is 0.294. The summed E-state index contributed by atoms with van der Waals surface area (Å²) in [6.45, 7) is 0.138. The Kier molecular flexibility index (Phi) is 6.62. The summed E-state index contributed by atoms with van der Waals surface area (Å²) in [7, 11) is -0.362. The first kappa shape index (κ1) is 18.7. The highest BCUT2D eigenvalue weighted by Crippen LogP contribution is 2.21. The van der Waals surface area contributed by atoms with Crippen LogP contribution in [-0.2, 0) is 20.5 Å². The molecular weight excluding hydrogens is 350 g/mol. The second kappa shape index (κ2) is 8.48. The van der Waals surface area contributed by atoms with E-state index < -0.39 is 16.1 Å². The van der Waals surface area contributed by atoms with Gasteiger partial charge in [-0.3, -0.25) is 0 Å². The van der Waals surface area contributed by atoms with Crippen molar-refractivity contribution in [2.45, 2.75) is 11.9 Å². The average molecular weight is 370 g/mol. The fourth-order valence-electron chi connectivity index (χ4n) is 2.23. The van der Waals surface area contributed by atoms with E-state index in [0.717, 1.165) is 5.56 Å². The van der Waals surface area contributed by atoms with E-state index in [9.17, 15) is 8.42 Å². The van der Waals surface area contributed by atoms with Crippen molar-refractivity contribution in [1.82, 2.24) is 4.72 Å². The van der Waals surface area contributed by atoms with Gasteiger partial charge in [0.25, 0.3) is 0 Å². The highest BCUT2D eigenvalue weighted by Gasteiger charge is 2.17. The zero-order valence-electron chi connectivity index (χ0n) is 13.5. The van der Waals surface area contributed by atoms with Crippen LogP contribution in [0.1, 0.15) is 17.2 Å². The molecule has 1 N–H and O–H groups in total. The molecule has 0 aliphatic carbocycles. The predicted octanol–water partition coefficient (Wildman–Crippen LogP) is 3.16. The summed E-state index contributed by atoms with van der Waals surface area (Å²) in [5.74, 6) is 0.581. The molecule has 0 radical (unpaired) electrons. The Morgan fingerprint density at radius 2 is 1.83 bits per heavy atom. The van der Waals surface area contributed by atoms with Crippen LogP contribution in [0.2, 0.25) is 5.02 Å². The van der Waals surface area contributed by atoms with Gasteiger partial charge in [0.2, 0.25) is 10.0 Å². The van der Waals surface area contributed by atoms with Gasteiger partial charge in [-0.2, -0.15) is 0 Å². The monoisotopic (exact) mass is 369 g/mol. The summed E-state index contributed by atoms with van der Waals surface area (Å²) in [5.41, 5.74) is 1.51. The van der Waals surface area contributed by atoms with E-state index in [4.69, 9.17) is 21.1 Å². The van der Waals surface area contributed by atoms with Crippen LogP contribution in [0.3, 0.4) is 0 Å². The summed E-state index contributed by atoms with van der Waals surface area (Å²) in [5, 5.41) is 0.571. The fourth-order valence-corrected chi connectivity index (χ4v) is 3.50. The van der Waals surface area contributed by atoms with Gasteiger partial charge in [-0.05, 0) is 35.4 Å². The van der Waals surface area contributed by atoms with Crippen LogP contribution in [0.5, 0.6) is 5.75 Å². The van der Waals surface area contributed by atoms with Crippen molar-refractivity contribution in [2.24, 2.45) is 0 Å². The smallest absolute Gasteiger partial charge is 0.215 e. The summed E-state index contributed by atoms with van der Waals surface area (Å²) >= 11 is 5.81. The van der Waals surface area contributed by atoms with Crippen LogP contribution in [0.4, 0.5) is 0 Å². The Bertz CT molecular complexity index is 762. The Morgan fingerprint density at radius 3 is 2.46 bits per heavy atom. The van der Waals surface area contributed by atoms with Crippen LogP contribution in [0.15, 0.2) is 48.5 Å². The Morgan fingerprint density at radius 1 is 1.12 bits per heavy atom. The molecule has 0 aliphatic rings. The maximum absolute atomic E-state index is 12.2. The Balaban J connectivity index is 2.01. The van der Waals surface area contributed by atoms with Gasteiger partial charge in [-0.1, -0.05) is 35.9 Å². The molecule has 0 bridgehead atoms. The molecule has 0 aliphatic heterocycles. The first-order valence-electron chi connectivity index (χ1n) is 7.32. The minimum Gasteiger partial charge on any atom is -0.497 e. The Hall–Kier alpha value is -1.60. The molecule has 1 atom stereocenters. The second-order valence-corrected chi connectivity index (χ2v) is 7.48. The van der Waals surface area contributed by atoms with Crippen molar-refractivity contribution in [2.75, 3.05) is 20.8 Å². The van der Waals surface area contributed by atoms with E-state index in [0.29, 0.717) is 16.3 Å². The van der Waals surface area contributed by atoms with Gasteiger partial charge in [0.1, 0.15) is 5.75 Å². The molecule has 2 aromatic rings. The lowest BCUT2D eigenvalue weighted by molar-refractivity contribution is 0.107. The molecule has 0 aromatic heterocycles. The van der Waals surface area contributed by atoms with Gasteiger partial charge >= 0.3 is 0 Å². The summed E-state index contributed by atoms with van der Waals surface area (Å²) in [6.07, 6.45) is -0.403. The molecule has 130 valence electrons. The first-order chi connectivity index (χ1) is 11.4. The van der Waals surface area contributed by atoms with Crippen molar-refractivity contribution in [3.8, 4) is 5.75 Å². The lowest BCUT2D eigenvalue weighted by Gasteiger charge is -2.17. The number of methoxy groups -OCH3 is 2. The summed E-state index contributed by atoms with van der Waals surface area (Å²) in [6, 6.07) is 14.1. The van der Waals surface area contributed by atoms with Crippen molar-refractivity contribution < 1.29 is 17.9 Å². The van der Waals surface area contributed by atoms with E-state index in [1.54, 1.807) is 31.4 Å². The SMILES string of the molecule is COc1cccc(C(CNS(=O)(=O)Cc2ccc(Cl)cc2)OC)c1. The van der Waals surface area contributed by atoms with Crippen molar-refractivity contribution in [1.29, 1.82) is 0 Å². The lowest BCUT2D eigenvalue weighted by atomic mass is 10.1. The van der Waals surface area contributed by atoms with Gasteiger partial charge < -0.3 is 9.47 Å². The lowest BCUT2D eigenvalue weighted by Crippen LogP contribution is -2.30. The van der Waals surface area contributed by atoms with E-state index in [1.807, 2.05) is 24.3 Å². The zero-order valence-corrected chi connectivity index (χ0v) is 15.1. The molecule has 7 heteroatoms. The maximum atomic E-state index is 12.2. The number of hydrogen-bond donors (Lipinski definition) is 1. The van der Waals surface area contributed by atoms with Crippen molar-refractivity contribution in [3.63, 3.8) is 0 Å². The molecule has 5 nitrogen and oxygen atoms in total. The third-order valence-corrected chi connectivity index (χ3v) is 5.08. The minimum atomic E-state index is -3.48. The molecule has 0 amide bonds. The topological polar surface area (TPSA) is 64.6 Å². The highest BCUT2D eigenvalue weighted by molar-refractivity contribution is 7.88. The molecule has 0 saturated carbocycles. The Labute approximate surface area is 147 Å². The van der Waals surface area contributed by atoms with E-state index in [-0.39, 0.29) is 12.3 Å². The number of halogens is 1. The number of benzene rings is 2. The quantitative estimate of drug-likeness (QED) is 0.776. The third kappa shape index (κ3) is 5.49. The maximum Gasteiger partial charge on any atom is 0.215 e. The molecule has 2 aromatic carbocycles. The van der Waals surface area contributed by atoms with Crippen LogP contribution < -0.4 is 9.46 Å². The third-order valence-electron chi connectivity index (χ3n) is 3.51. The molecule has 24 heavy (non-hydrogen) atoms. The normalized spacial score (nSPS) is 12.8. The van der Waals surface area contributed by atoms with Crippen LogP contribution in [-0.4, -0.2) is 29.2 Å². The van der Waals surface area contributed by atoms with Crippen LogP contribution in [0.25, 0.3) is 0 Å². The largest absolute Gasteiger partial charge is 0.497 e. The predicted molar refractivity (Wildman–Crippen MR) is 94.8 cm³/mol. The summed E-state index contributed by atoms with van der Waals surface area (Å²) < 4.78 is 37.6. The van der Waals surface area contributed by atoms with Gasteiger partial charge in [0, 0.05) is 18.7 Å². The van der Waals surface area contributed by atoms with E-state index in [2.05, 4.69) is 4.72 Å². The number of ether oxygens (including phenoxy) is 2. The number of rotatable bonds is 8. The highest BCUT2D eigenvalue weighted by atomic mass is 35.5. The molecule has 0 spiro atoms. The van der Waals surface area contributed by atoms with E-state index >= 15 is 0 Å². The summed E-state index contributed by atoms with van der Waals surface area (Å²) in [4.78, 5) is 0. The van der Waals surface area contributed by atoms with Gasteiger partial charge in [0.15, 0.2) is 0 Å². The van der Waals surface area contributed by atoms with Crippen LogP contribution >= 0.6 is 11.6 Å². The zero-order chi connectivity index (χ0) is 17.6. The number of nitrogens with one attached hydrogen (secondary N) is 1. The average Bonchev–Trinajstić information content (AvgIpc) is 2.57. The van der Waals surface area contributed by atoms with Crippen molar-refractivity contribution in [3.05, 3.63) is 64.7 Å². The molecular formula is C17H20ClNO4S. The molecule has 0 heterocycles. The van der Waals surface area contributed by atoms with Gasteiger partial charge in [-0.15, -0.1) is 0 Å². The van der Waals surface area contributed by atoms with Crippen LogP contribution in [0, 0.1) is 0 Å². The first-order valence-corrected chi connectivity index (χ1v) is 9.35. The van der Waals surface area contributed by atoms with Crippen molar-refractivity contribution >= 4 is 21.6 Å². The minimum absolute atomic E-state index is 0.112. The standard InChI is InChI=1S/C17H20ClNO4S/c1-22-16-5-3-4-14(10-16)17(23-2)11-19-24(20,21)12-13-6-8-15(18)9-7-13/h3-10,17,19H,11-12H2,1-2H3. The number of hydrogen-bond acceptors (Lipinski definition) is 4. The van der Waals surface area contributed by atoms with E-state index in [1.165, 1.54) is 7.11 Å². The van der Waals surface area contributed by atoms with Gasteiger partial charge in [0.05, 0.1) is 19.0 Å². The number of sulfonamides is 1. The molecule has 1 unspecified atom stereocenters. The second-order valence-electron chi connectivity index (χ2n) is 5.23. The van der Waals surface area contributed by atoms with Gasteiger partial charge in [-0.25, -0.2) is 13.1 Å². The molecule has 0 saturated heterocycles. The molecule has 0 fully saturated rings. The molecule has 2 rings (SSSR count).